The number of benzene rings is 1. The number of hydrogen-bond donors (Lipinski definition) is 0. The van der Waals surface area contributed by atoms with Crippen LogP contribution in [0.4, 0.5) is 4.79 Å². The van der Waals surface area contributed by atoms with Crippen LogP contribution in [-0.2, 0) is 25.2 Å². The van der Waals surface area contributed by atoms with Crippen molar-refractivity contribution in [1.29, 1.82) is 0 Å². The SMILES string of the molecule is CN(CC1OCCc2c(B3OC(C)(C)C(C)(C)O3)cc3c(c21)OCO3)C(=O)OC(C)(C)C. The highest BCUT2D eigenvalue weighted by molar-refractivity contribution is 6.62. The largest absolute Gasteiger partial charge is 0.495 e. The molecular weight excluding hydrogens is 413 g/mol. The first kappa shape index (κ1) is 23.2. The number of carbonyl (C=O) groups excluding carboxylic acids is 1. The Morgan fingerprint density at radius 3 is 2.47 bits per heavy atom. The van der Waals surface area contributed by atoms with Gasteiger partial charge < -0.3 is 33.2 Å². The lowest BCUT2D eigenvalue weighted by atomic mass is 9.72. The van der Waals surface area contributed by atoms with E-state index in [9.17, 15) is 4.79 Å². The highest BCUT2D eigenvalue weighted by Gasteiger charge is 2.53. The zero-order chi connectivity index (χ0) is 23.5. The number of likely N-dealkylation sites (N-methyl/N-ethyl adjacent to an activating group) is 1. The molecule has 8 nitrogen and oxygen atoms in total. The fourth-order valence-corrected chi connectivity index (χ4v) is 4.12. The van der Waals surface area contributed by atoms with E-state index >= 15 is 0 Å². The standard InChI is InChI=1S/C23H34BNO7/c1-21(2,3)30-20(26)25(8)12-17-18-14(9-10-27-17)15(11-16-19(18)29-13-28-16)24-31-22(4,5)23(6,7)32-24/h11,17H,9-10,12-13H2,1-8H3. The molecule has 4 rings (SSSR count). The molecule has 0 N–H and O–H groups in total. The summed E-state index contributed by atoms with van der Waals surface area (Å²) in [5.74, 6) is 1.31. The molecule has 1 unspecified atom stereocenters. The van der Waals surface area contributed by atoms with Crippen molar-refractivity contribution in [3.8, 4) is 11.5 Å². The summed E-state index contributed by atoms with van der Waals surface area (Å²) in [5, 5.41) is 0. The first-order chi connectivity index (χ1) is 14.8. The second-order valence-electron chi connectivity index (χ2n) is 10.7. The van der Waals surface area contributed by atoms with Gasteiger partial charge in [0.25, 0.3) is 0 Å². The van der Waals surface area contributed by atoms with Gasteiger partial charge in [-0.1, -0.05) is 0 Å². The van der Waals surface area contributed by atoms with Crippen molar-refractivity contribution in [2.24, 2.45) is 0 Å². The van der Waals surface area contributed by atoms with Gasteiger partial charge in [-0.2, -0.15) is 0 Å². The Labute approximate surface area is 190 Å². The topological polar surface area (TPSA) is 75.7 Å². The zero-order valence-electron chi connectivity index (χ0n) is 20.4. The molecule has 0 spiro atoms. The second kappa shape index (κ2) is 7.82. The molecule has 1 fully saturated rings. The quantitative estimate of drug-likeness (QED) is 0.659. The second-order valence-corrected chi connectivity index (χ2v) is 10.7. The van der Waals surface area contributed by atoms with E-state index in [4.69, 9.17) is 28.3 Å². The summed E-state index contributed by atoms with van der Waals surface area (Å²) in [4.78, 5) is 14.1. The zero-order valence-corrected chi connectivity index (χ0v) is 20.4. The van der Waals surface area contributed by atoms with Gasteiger partial charge in [0.1, 0.15) is 11.7 Å². The molecule has 1 aromatic rings. The maximum Gasteiger partial charge on any atom is 0.495 e. The van der Waals surface area contributed by atoms with Crippen molar-refractivity contribution < 1.29 is 33.1 Å². The van der Waals surface area contributed by atoms with Crippen molar-refractivity contribution in [3.63, 3.8) is 0 Å². The Kier molecular flexibility index (Phi) is 5.67. The van der Waals surface area contributed by atoms with Crippen LogP contribution in [0, 0.1) is 0 Å². The molecule has 3 aliphatic heterocycles. The third-order valence-corrected chi connectivity index (χ3v) is 6.49. The molecule has 9 heteroatoms. The van der Waals surface area contributed by atoms with Crippen molar-refractivity contribution in [2.45, 2.75) is 77.8 Å². The monoisotopic (exact) mass is 447 g/mol. The molecule has 32 heavy (non-hydrogen) atoms. The third kappa shape index (κ3) is 4.18. The summed E-state index contributed by atoms with van der Waals surface area (Å²) in [6.45, 7) is 14.7. The summed E-state index contributed by atoms with van der Waals surface area (Å²) in [5.41, 5.74) is 1.41. The molecule has 0 bridgehead atoms. The first-order valence-electron chi connectivity index (χ1n) is 11.2. The van der Waals surface area contributed by atoms with Crippen molar-refractivity contribution in [1.82, 2.24) is 4.90 Å². The Hall–Kier alpha value is -1.97. The molecule has 0 radical (unpaired) electrons. The molecule has 1 amide bonds. The minimum Gasteiger partial charge on any atom is -0.454 e. The molecule has 3 heterocycles. The van der Waals surface area contributed by atoms with E-state index in [1.165, 1.54) is 4.90 Å². The molecule has 176 valence electrons. The van der Waals surface area contributed by atoms with Gasteiger partial charge in [-0.15, -0.1) is 0 Å². The number of rotatable bonds is 3. The first-order valence-corrected chi connectivity index (χ1v) is 11.2. The lowest BCUT2D eigenvalue weighted by Crippen LogP contribution is -2.41. The minimum atomic E-state index is -0.571. The number of fused-ring (bicyclic) bond motifs is 3. The molecule has 3 aliphatic rings. The summed E-state index contributed by atoms with van der Waals surface area (Å²) < 4.78 is 35.9. The highest BCUT2D eigenvalue weighted by Crippen LogP contribution is 2.45. The summed E-state index contributed by atoms with van der Waals surface area (Å²) in [6.07, 6.45) is -0.0869. The molecular formula is C23H34BNO7. The summed E-state index contributed by atoms with van der Waals surface area (Å²) >= 11 is 0. The molecule has 0 aliphatic carbocycles. The van der Waals surface area contributed by atoms with Crippen molar-refractivity contribution in [2.75, 3.05) is 27.0 Å². The van der Waals surface area contributed by atoms with Crippen LogP contribution < -0.4 is 14.9 Å². The van der Waals surface area contributed by atoms with Crippen LogP contribution in [0.3, 0.4) is 0 Å². The molecule has 1 aromatic carbocycles. The average Bonchev–Trinajstić information content (AvgIpc) is 3.21. The molecule has 0 aromatic heterocycles. The smallest absolute Gasteiger partial charge is 0.454 e. The maximum absolute atomic E-state index is 12.5. The Bertz CT molecular complexity index is 893. The van der Waals surface area contributed by atoms with Crippen LogP contribution in [0.2, 0.25) is 0 Å². The van der Waals surface area contributed by atoms with Gasteiger partial charge in [0.15, 0.2) is 11.5 Å². The van der Waals surface area contributed by atoms with Gasteiger partial charge in [-0.25, -0.2) is 4.79 Å². The number of hydrogen-bond acceptors (Lipinski definition) is 7. The molecule has 1 atom stereocenters. The van der Waals surface area contributed by atoms with E-state index in [-0.39, 0.29) is 12.9 Å². The summed E-state index contributed by atoms with van der Waals surface area (Å²) in [6, 6.07) is 1.96. The average molecular weight is 447 g/mol. The Morgan fingerprint density at radius 1 is 1.19 bits per heavy atom. The predicted octanol–water partition coefficient (Wildman–Crippen LogP) is 3.20. The van der Waals surface area contributed by atoms with Crippen LogP contribution in [0.1, 0.15) is 65.7 Å². The molecule has 1 saturated heterocycles. The van der Waals surface area contributed by atoms with Gasteiger partial charge in [-0.05, 0) is 72.0 Å². The van der Waals surface area contributed by atoms with Crippen molar-refractivity contribution >= 4 is 18.7 Å². The predicted molar refractivity (Wildman–Crippen MR) is 120 cm³/mol. The van der Waals surface area contributed by atoms with Gasteiger partial charge in [0.05, 0.1) is 24.4 Å². The molecule has 0 saturated carbocycles. The van der Waals surface area contributed by atoms with E-state index in [0.29, 0.717) is 31.1 Å². The van der Waals surface area contributed by atoms with Crippen LogP contribution in [-0.4, -0.2) is 61.9 Å². The summed E-state index contributed by atoms with van der Waals surface area (Å²) in [7, 11) is 1.19. The van der Waals surface area contributed by atoms with E-state index in [2.05, 4.69) is 0 Å². The normalized spacial score (nSPS) is 23.1. The highest BCUT2D eigenvalue weighted by atomic mass is 16.7. The third-order valence-electron chi connectivity index (χ3n) is 6.49. The van der Waals surface area contributed by atoms with Gasteiger partial charge >= 0.3 is 13.2 Å². The van der Waals surface area contributed by atoms with Gasteiger partial charge in [0, 0.05) is 12.6 Å². The number of nitrogens with zero attached hydrogens (tertiary/aromatic N) is 1. The van der Waals surface area contributed by atoms with Crippen LogP contribution in [0.15, 0.2) is 6.07 Å². The lowest BCUT2D eigenvalue weighted by Gasteiger charge is -2.32. The minimum absolute atomic E-state index is 0.142. The van der Waals surface area contributed by atoms with Crippen LogP contribution in [0.5, 0.6) is 11.5 Å². The Morgan fingerprint density at radius 2 is 1.84 bits per heavy atom. The maximum atomic E-state index is 12.5. The van der Waals surface area contributed by atoms with Crippen molar-refractivity contribution in [3.05, 3.63) is 17.2 Å². The number of amides is 1. The number of carbonyl (C=O) groups is 1. The van der Waals surface area contributed by atoms with Crippen LogP contribution in [0.25, 0.3) is 0 Å². The van der Waals surface area contributed by atoms with Crippen LogP contribution >= 0.6 is 0 Å². The lowest BCUT2D eigenvalue weighted by molar-refractivity contribution is -0.00250. The van der Waals surface area contributed by atoms with E-state index < -0.39 is 30.0 Å². The fraction of sp³-hybridized carbons (Fsp3) is 0.696. The Balaban J connectivity index is 1.68. The van der Waals surface area contributed by atoms with E-state index in [0.717, 1.165) is 16.6 Å². The van der Waals surface area contributed by atoms with E-state index in [1.807, 2.05) is 54.5 Å². The van der Waals surface area contributed by atoms with E-state index in [1.54, 1.807) is 7.05 Å². The van der Waals surface area contributed by atoms with Gasteiger partial charge in [0.2, 0.25) is 6.79 Å². The van der Waals surface area contributed by atoms with Gasteiger partial charge in [-0.3, -0.25) is 0 Å². The fourth-order valence-electron chi connectivity index (χ4n) is 4.12. The number of ether oxygens (including phenoxy) is 4.